The van der Waals surface area contributed by atoms with E-state index in [0.29, 0.717) is 33.9 Å². The standard InChI is InChI=1S/C28H29F3N6O3S/c1-17-6-7-19-20(8-9-22(29)25(19)37-41(38,39)15-11-24(30)31)26(17)40-27-21(5-3-13-33-27)23-10-14-34-28(36-23)35-18-4-2-12-32-16-18/h3,5-10,13-14,18,24,32,37H,2,4,11-12,15-16H2,1H3,(H,34,35,36). The van der Waals surface area contributed by atoms with Crippen LogP contribution in [0, 0.1) is 12.7 Å². The van der Waals surface area contributed by atoms with E-state index in [2.05, 4.69) is 30.3 Å². The molecule has 1 atom stereocenters. The van der Waals surface area contributed by atoms with Crippen molar-refractivity contribution in [1.29, 1.82) is 0 Å². The van der Waals surface area contributed by atoms with Crippen LogP contribution in [0.4, 0.5) is 24.8 Å². The molecule has 1 aliphatic heterocycles. The molecule has 41 heavy (non-hydrogen) atoms. The van der Waals surface area contributed by atoms with E-state index in [-0.39, 0.29) is 23.0 Å². The average molecular weight is 587 g/mol. The molecule has 1 unspecified atom stereocenters. The number of hydrogen-bond donors (Lipinski definition) is 3. The first-order valence-corrected chi connectivity index (χ1v) is 14.8. The largest absolute Gasteiger partial charge is 0.437 e. The monoisotopic (exact) mass is 586 g/mol. The van der Waals surface area contributed by atoms with E-state index < -0.39 is 34.4 Å². The van der Waals surface area contributed by atoms with Gasteiger partial charge in [-0.15, -0.1) is 0 Å². The number of aryl methyl sites for hydroxylation is 1. The molecular formula is C28H29F3N6O3S. The van der Waals surface area contributed by atoms with Crippen molar-refractivity contribution in [3.63, 3.8) is 0 Å². The molecule has 3 N–H and O–H groups in total. The topological polar surface area (TPSA) is 118 Å². The Labute approximate surface area is 235 Å². The van der Waals surface area contributed by atoms with Crippen LogP contribution >= 0.6 is 0 Å². The third-order valence-electron chi connectivity index (χ3n) is 6.69. The van der Waals surface area contributed by atoms with Gasteiger partial charge in [0.15, 0.2) is 0 Å². The third kappa shape index (κ3) is 6.85. The lowest BCUT2D eigenvalue weighted by molar-refractivity contribution is 0.145. The van der Waals surface area contributed by atoms with Crippen LogP contribution in [0.25, 0.3) is 22.0 Å². The van der Waals surface area contributed by atoms with Crippen molar-refractivity contribution in [3.8, 4) is 22.9 Å². The van der Waals surface area contributed by atoms with Crippen molar-refractivity contribution < 1.29 is 26.3 Å². The van der Waals surface area contributed by atoms with Crippen molar-refractivity contribution in [1.82, 2.24) is 20.3 Å². The van der Waals surface area contributed by atoms with Gasteiger partial charge in [-0.1, -0.05) is 12.1 Å². The SMILES string of the molecule is Cc1ccc2c(NS(=O)(=O)CCC(F)F)c(F)ccc2c1Oc1ncccc1-c1ccnc(NC2CCCNC2)n1. The van der Waals surface area contributed by atoms with Crippen LogP contribution in [0.15, 0.2) is 54.9 Å². The van der Waals surface area contributed by atoms with E-state index in [9.17, 15) is 21.6 Å². The number of pyridine rings is 1. The predicted octanol–water partition coefficient (Wildman–Crippen LogP) is 5.49. The maximum absolute atomic E-state index is 14.8. The number of ether oxygens (including phenoxy) is 1. The molecule has 0 radical (unpaired) electrons. The Morgan fingerprint density at radius 1 is 1.10 bits per heavy atom. The Balaban J connectivity index is 1.48. The summed E-state index contributed by atoms with van der Waals surface area (Å²) in [7, 11) is -4.23. The molecule has 2 aromatic heterocycles. The first kappa shape index (κ1) is 28.6. The van der Waals surface area contributed by atoms with Crippen LogP contribution in [0.3, 0.4) is 0 Å². The van der Waals surface area contributed by atoms with Crippen molar-refractivity contribution >= 4 is 32.4 Å². The van der Waals surface area contributed by atoms with Crippen LogP contribution in [-0.4, -0.2) is 54.7 Å². The summed E-state index contributed by atoms with van der Waals surface area (Å²) in [6.45, 7) is 3.60. The number of benzene rings is 2. The molecule has 0 spiro atoms. The smallest absolute Gasteiger partial charge is 0.239 e. The summed E-state index contributed by atoms with van der Waals surface area (Å²) in [6.07, 6.45) is 1.62. The van der Waals surface area contributed by atoms with Gasteiger partial charge in [-0.3, -0.25) is 4.72 Å². The maximum Gasteiger partial charge on any atom is 0.239 e. The molecule has 0 saturated carbocycles. The number of rotatable bonds is 10. The zero-order valence-electron chi connectivity index (χ0n) is 22.2. The van der Waals surface area contributed by atoms with E-state index in [1.807, 2.05) is 0 Å². The lowest BCUT2D eigenvalue weighted by Crippen LogP contribution is -2.38. The first-order valence-electron chi connectivity index (χ1n) is 13.1. The Kier molecular flexibility index (Phi) is 8.54. The maximum atomic E-state index is 14.8. The van der Waals surface area contributed by atoms with Crippen molar-refractivity contribution in [2.75, 3.05) is 28.9 Å². The van der Waals surface area contributed by atoms with Crippen LogP contribution < -0.4 is 20.1 Å². The number of nitrogens with one attached hydrogen (secondary N) is 3. The number of sulfonamides is 1. The van der Waals surface area contributed by atoms with Gasteiger partial charge < -0.3 is 15.4 Å². The van der Waals surface area contributed by atoms with E-state index in [1.165, 1.54) is 6.07 Å². The molecule has 1 fully saturated rings. The van der Waals surface area contributed by atoms with Gasteiger partial charge in [0.25, 0.3) is 0 Å². The Morgan fingerprint density at radius 3 is 2.71 bits per heavy atom. The molecule has 216 valence electrons. The van der Waals surface area contributed by atoms with Crippen molar-refractivity contribution in [2.45, 2.75) is 38.7 Å². The number of aromatic nitrogens is 3. The number of nitrogens with zero attached hydrogens (tertiary/aromatic N) is 3. The van der Waals surface area contributed by atoms with Crippen molar-refractivity contribution in [3.05, 3.63) is 66.2 Å². The quantitative estimate of drug-likeness (QED) is 0.223. The number of halogens is 3. The van der Waals surface area contributed by atoms with Gasteiger partial charge in [-0.2, -0.15) is 0 Å². The Morgan fingerprint density at radius 2 is 1.93 bits per heavy atom. The summed E-state index contributed by atoms with van der Waals surface area (Å²) in [6, 6.07) is 11.3. The zero-order chi connectivity index (χ0) is 29.0. The molecular weight excluding hydrogens is 557 g/mol. The highest BCUT2D eigenvalue weighted by Crippen LogP contribution is 2.39. The Bertz CT molecular complexity index is 1650. The predicted molar refractivity (Wildman–Crippen MR) is 152 cm³/mol. The van der Waals surface area contributed by atoms with Crippen LogP contribution in [0.2, 0.25) is 0 Å². The third-order valence-corrected chi connectivity index (χ3v) is 7.98. The van der Waals surface area contributed by atoms with E-state index >= 15 is 0 Å². The number of piperidine rings is 1. The molecule has 1 saturated heterocycles. The zero-order valence-corrected chi connectivity index (χ0v) is 23.0. The fourth-order valence-corrected chi connectivity index (χ4v) is 5.76. The first-order chi connectivity index (χ1) is 19.7. The molecule has 0 aliphatic carbocycles. The second kappa shape index (κ2) is 12.3. The number of alkyl halides is 2. The molecule has 4 aromatic rings. The summed E-state index contributed by atoms with van der Waals surface area (Å²) in [4.78, 5) is 13.4. The van der Waals surface area contributed by atoms with E-state index in [1.54, 1.807) is 49.6 Å². The average Bonchev–Trinajstić information content (AvgIpc) is 2.96. The lowest BCUT2D eigenvalue weighted by Gasteiger charge is -2.23. The fraction of sp³-hybridized carbons (Fsp3) is 0.321. The van der Waals surface area contributed by atoms with E-state index in [4.69, 9.17) is 4.74 Å². The minimum absolute atomic E-state index is 0.207. The second-order valence-corrected chi connectivity index (χ2v) is 11.6. The summed E-state index contributed by atoms with van der Waals surface area (Å²) in [5.41, 5.74) is 1.51. The number of hydrogen-bond acceptors (Lipinski definition) is 8. The molecule has 2 aromatic carbocycles. The van der Waals surface area contributed by atoms with Gasteiger partial charge in [-0.05, 0) is 62.2 Å². The van der Waals surface area contributed by atoms with Crippen LogP contribution in [-0.2, 0) is 10.0 Å². The van der Waals surface area contributed by atoms with Gasteiger partial charge in [0.05, 0.1) is 22.7 Å². The number of anilines is 2. The molecule has 3 heterocycles. The number of fused-ring (bicyclic) bond motifs is 1. The molecule has 5 rings (SSSR count). The van der Waals surface area contributed by atoms with Gasteiger partial charge >= 0.3 is 0 Å². The van der Waals surface area contributed by atoms with Gasteiger partial charge in [0.1, 0.15) is 11.6 Å². The normalized spacial score (nSPS) is 15.7. The highest BCUT2D eigenvalue weighted by Gasteiger charge is 2.21. The molecule has 1 aliphatic rings. The van der Waals surface area contributed by atoms with Crippen LogP contribution in [0.5, 0.6) is 11.6 Å². The highest BCUT2D eigenvalue weighted by atomic mass is 32.2. The summed E-state index contributed by atoms with van der Waals surface area (Å²) >= 11 is 0. The summed E-state index contributed by atoms with van der Waals surface area (Å²) in [5.74, 6) is -0.654. The molecule has 9 nitrogen and oxygen atoms in total. The lowest BCUT2D eigenvalue weighted by atomic mass is 10.0. The highest BCUT2D eigenvalue weighted by molar-refractivity contribution is 7.92. The molecule has 0 bridgehead atoms. The minimum atomic E-state index is -4.23. The minimum Gasteiger partial charge on any atom is -0.437 e. The van der Waals surface area contributed by atoms with Gasteiger partial charge in [-0.25, -0.2) is 36.5 Å². The molecule has 13 heteroatoms. The van der Waals surface area contributed by atoms with Crippen LogP contribution in [0.1, 0.15) is 24.8 Å². The molecule has 0 amide bonds. The Hall–Kier alpha value is -3.97. The van der Waals surface area contributed by atoms with E-state index in [0.717, 1.165) is 32.0 Å². The summed E-state index contributed by atoms with van der Waals surface area (Å²) in [5, 5.41) is 7.32. The second-order valence-electron chi connectivity index (χ2n) is 9.74. The van der Waals surface area contributed by atoms with Gasteiger partial charge in [0, 0.05) is 42.2 Å². The summed E-state index contributed by atoms with van der Waals surface area (Å²) < 4.78 is 73.4. The van der Waals surface area contributed by atoms with Gasteiger partial charge in [0.2, 0.25) is 28.3 Å². The fourth-order valence-electron chi connectivity index (χ4n) is 4.65. The van der Waals surface area contributed by atoms with Crippen molar-refractivity contribution in [2.24, 2.45) is 0 Å².